The van der Waals surface area contributed by atoms with Crippen LogP contribution in [-0.2, 0) is 11.3 Å². The highest BCUT2D eigenvalue weighted by Gasteiger charge is 2.27. The summed E-state index contributed by atoms with van der Waals surface area (Å²) in [6.45, 7) is 8.55. The highest BCUT2D eigenvalue weighted by Crippen LogP contribution is 2.23. The summed E-state index contributed by atoms with van der Waals surface area (Å²) in [6.07, 6.45) is 5.32. The smallest absolute Gasteiger partial charge is 0.222 e. The quantitative estimate of drug-likeness (QED) is 0.863. The largest absolute Gasteiger partial charge is 0.341 e. The molecule has 0 radical (unpaired) electrons. The molecule has 1 saturated heterocycles. The third-order valence-electron chi connectivity index (χ3n) is 4.27. The lowest BCUT2D eigenvalue weighted by Crippen LogP contribution is -2.30. The monoisotopic (exact) mass is 333 g/mol. The van der Waals surface area contributed by atoms with Gasteiger partial charge in [-0.05, 0) is 20.3 Å². The Hall–Kier alpha value is -1.89. The lowest BCUT2D eigenvalue weighted by Gasteiger charge is -2.17. The Morgan fingerprint density at radius 2 is 2.30 bits per heavy atom. The number of likely N-dealkylation sites (tertiary alicyclic amines) is 1. The topological polar surface area (TPSA) is 55.4 Å². The van der Waals surface area contributed by atoms with E-state index < -0.39 is 0 Å². The maximum Gasteiger partial charge on any atom is 0.222 e. The molecule has 0 spiro atoms. The van der Waals surface area contributed by atoms with Crippen LogP contribution in [0.15, 0.2) is 22.8 Å². The van der Waals surface area contributed by atoms with Gasteiger partial charge in [0.2, 0.25) is 5.91 Å². The molecule has 0 aromatic carbocycles. The fraction of sp³-hybridized carbons (Fsp3) is 0.562. The molecular weight excluding hydrogens is 310 g/mol. The summed E-state index contributed by atoms with van der Waals surface area (Å²) in [6, 6.07) is 0.316. The summed E-state index contributed by atoms with van der Waals surface area (Å²) in [5, 5.41) is 6.41. The lowest BCUT2D eigenvalue weighted by molar-refractivity contribution is -0.129. The summed E-state index contributed by atoms with van der Waals surface area (Å²) in [4.78, 5) is 19.6. The van der Waals surface area contributed by atoms with Crippen LogP contribution in [-0.4, -0.2) is 38.2 Å². The van der Waals surface area contributed by atoms with Gasteiger partial charge in [-0.3, -0.25) is 9.48 Å². The molecule has 6 nitrogen and oxygen atoms in total. The van der Waals surface area contributed by atoms with Crippen LogP contribution >= 0.6 is 11.3 Å². The number of nitrogens with zero attached hydrogens (tertiary/aromatic N) is 5. The van der Waals surface area contributed by atoms with Crippen molar-refractivity contribution in [2.45, 2.75) is 46.2 Å². The number of amides is 1. The van der Waals surface area contributed by atoms with Crippen molar-refractivity contribution in [3.63, 3.8) is 0 Å². The summed E-state index contributed by atoms with van der Waals surface area (Å²) < 4.78 is 4.15. The molecule has 3 heterocycles. The number of carbonyl (C=O) groups excluding carboxylic acids is 1. The van der Waals surface area contributed by atoms with Crippen LogP contribution in [0.1, 0.15) is 38.4 Å². The number of hydrogen-bond donors (Lipinski definition) is 0. The molecule has 2 aromatic rings. The molecule has 7 heteroatoms. The second-order valence-corrected chi connectivity index (χ2v) is 6.67. The van der Waals surface area contributed by atoms with Gasteiger partial charge in [-0.1, -0.05) is 6.92 Å². The minimum Gasteiger partial charge on any atom is -0.341 e. The number of thiazole rings is 1. The molecule has 0 saturated carbocycles. The van der Waals surface area contributed by atoms with Crippen molar-refractivity contribution in [1.29, 1.82) is 0 Å². The van der Waals surface area contributed by atoms with Crippen molar-refractivity contribution in [2.24, 2.45) is 4.99 Å². The average Bonchev–Trinajstić information content (AvgIpc) is 3.27. The maximum atomic E-state index is 11.9. The van der Waals surface area contributed by atoms with Gasteiger partial charge >= 0.3 is 0 Å². The van der Waals surface area contributed by atoms with Gasteiger partial charge in [0, 0.05) is 37.1 Å². The molecule has 1 amide bonds. The Morgan fingerprint density at radius 3 is 3.00 bits per heavy atom. The van der Waals surface area contributed by atoms with Crippen molar-refractivity contribution in [3.8, 4) is 0 Å². The molecule has 1 aliphatic heterocycles. The van der Waals surface area contributed by atoms with Crippen LogP contribution in [0.2, 0.25) is 0 Å². The first-order valence-corrected chi connectivity index (χ1v) is 9.02. The number of carbonyl (C=O) groups is 1. The molecule has 0 unspecified atom stereocenters. The van der Waals surface area contributed by atoms with Crippen molar-refractivity contribution in [2.75, 3.05) is 13.1 Å². The Balaban J connectivity index is 1.89. The number of rotatable bonds is 4. The summed E-state index contributed by atoms with van der Waals surface area (Å²) in [5.74, 6) is 0.240. The fourth-order valence-electron chi connectivity index (χ4n) is 3.02. The molecule has 1 atom stereocenters. The first-order valence-electron chi connectivity index (χ1n) is 8.14. The normalized spacial score (nSPS) is 18.8. The van der Waals surface area contributed by atoms with Crippen molar-refractivity contribution >= 4 is 22.9 Å². The first-order chi connectivity index (χ1) is 11.1. The molecule has 0 aliphatic carbocycles. The predicted molar refractivity (Wildman–Crippen MR) is 90.7 cm³/mol. The Bertz CT molecular complexity index is 757. The highest BCUT2D eigenvalue weighted by atomic mass is 32.1. The maximum absolute atomic E-state index is 11.9. The summed E-state index contributed by atoms with van der Waals surface area (Å²) in [7, 11) is 0. The molecule has 23 heavy (non-hydrogen) atoms. The van der Waals surface area contributed by atoms with Crippen molar-refractivity contribution in [1.82, 2.24) is 19.2 Å². The summed E-state index contributed by atoms with van der Waals surface area (Å²) >= 11 is 1.65. The second-order valence-electron chi connectivity index (χ2n) is 5.83. The lowest BCUT2D eigenvalue weighted by atomic mass is 10.2. The first kappa shape index (κ1) is 16.0. The van der Waals surface area contributed by atoms with E-state index in [0.29, 0.717) is 12.5 Å². The van der Waals surface area contributed by atoms with Gasteiger partial charge in [-0.2, -0.15) is 5.10 Å². The van der Waals surface area contributed by atoms with Crippen LogP contribution in [0.4, 0.5) is 5.69 Å². The van der Waals surface area contributed by atoms with Gasteiger partial charge in [-0.15, -0.1) is 11.3 Å². The van der Waals surface area contributed by atoms with Crippen LogP contribution in [0, 0.1) is 6.92 Å². The van der Waals surface area contributed by atoms with E-state index in [0.717, 1.165) is 36.5 Å². The molecule has 2 aromatic heterocycles. The van der Waals surface area contributed by atoms with Crippen LogP contribution in [0.5, 0.6) is 0 Å². The van der Waals surface area contributed by atoms with E-state index in [1.165, 1.54) is 5.69 Å². The van der Waals surface area contributed by atoms with Crippen LogP contribution < -0.4 is 4.80 Å². The summed E-state index contributed by atoms with van der Waals surface area (Å²) in [5.41, 5.74) is 2.08. The Kier molecular flexibility index (Phi) is 4.66. The molecule has 1 fully saturated rings. The molecule has 0 bridgehead atoms. The molecule has 1 aliphatic rings. The number of aryl methyl sites for hydroxylation is 2. The highest BCUT2D eigenvalue weighted by molar-refractivity contribution is 7.07. The SMILES string of the molecule is CCC(=O)N1CC[C@H](n2c(C)csc2=Nc2cnn(CC)c2)C1. The van der Waals surface area contributed by atoms with E-state index in [9.17, 15) is 4.79 Å². The zero-order valence-electron chi connectivity index (χ0n) is 13.9. The molecule has 3 rings (SSSR count). The third-order valence-corrected chi connectivity index (χ3v) is 5.23. The Morgan fingerprint density at radius 1 is 1.48 bits per heavy atom. The molecule has 124 valence electrons. The van der Waals surface area contributed by atoms with E-state index in [2.05, 4.69) is 28.9 Å². The van der Waals surface area contributed by atoms with Gasteiger partial charge in [0.05, 0.1) is 18.4 Å². The second kappa shape index (κ2) is 6.70. The molecular formula is C16H23N5OS. The standard InChI is InChI=1S/C16H23N5OS/c1-4-15(22)19-7-6-14(10-19)21-12(3)11-23-16(21)18-13-8-17-20(5-2)9-13/h8-9,11,14H,4-7,10H2,1-3H3/t14-/m0/s1. The number of hydrogen-bond acceptors (Lipinski definition) is 4. The van der Waals surface area contributed by atoms with Crippen molar-refractivity contribution in [3.05, 3.63) is 28.3 Å². The van der Waals surface area contributed by atoms with Crippen LogP contribution in [0.3, 0.4) is 0 Å². The van der Waals surface area contributed by atoms with Crippen molar-refractivity contribution < 1.29 is 4.79 Å². The van der Waals surface area contributed by atoms with Crippen LogP contribution in [0.25, 0.3) is 0 Å². The van der Waals surface area contributed by atoms with E-state index >= 15 is 0 Å². The van der Waals surface area contributed by atoms with E-state index in [-0.39, 0.29) is 5.91 Å². The van der Waals surface area contributed by atoms with E-state index in [1.807, 2.05) is 22.7 Å². The van der Waals surface area contributed by atoms with Gasteiger partial charge in [0.1, 0.15) is 5.69 Å². The zero-order chi connectivity index (χ0) is 16.4. The van der Waals surface area contributed by atoms with E-state index in [1.54, 1.807) is 17.5 Å². The molecule has 0 N–H and O–H groups in total. The van der Waals surface area contributed by atoms with Gasteiger partial charge in [0.25, 0.3) is 0 Å². The van der Waals surface area contributed by atoms with Gasteiger partial charge in [-0.25, -0.2) is 4.99 Å². The Labute approximate surface area is 140 Å². The fourth-order valence-corrected chi connectivity index (χ4v) is 3.98. The number of aromatic nitrogens is 3. The zero-order valence-corrected chi connectivity index (χ0v) is 14.7. The van der Waals surface area contributed by atoms with Gasteiger partial charge < -0.3 is 9.47 Å². The minimum atomic E-state index is 0.240. The third kappa shape index (κ3) is 3.24. The van der Waals surface area contributed by atoms with Gasteiger partial charge in [0.15, 0.2) is 4.80 Å². The minimum absolute atomic E-state index is 0.240. The average molecular weight is 333 g/mol. The van der Waals surface area contributed by atoms with E-state index in [4.69, 9.17) is 4.99 Å². The predicted octanol–water partition coefficient (Wildman–Crippen LogP) is 2.49.